The molecule has 1 aliphatic rings. The van der Waals surface area contributed by atoms with Crippen LogP contribution in [0.3, 0.4) is 0 Å². The molecule has 1 N–H and O–H groups in total. The maximum absolute atomic E-state index is 10.6. The number of rotatable bonds is 4. The zero-order valence-corrected chi connectivity index (χ0v) is 9.04. The highest BCUT2D eigenvalue weighted by atomic mass is 16.4. The fourth-order valence-electron chi connectivity index (χ4n) is 2.25. The molecule has 1 heterocycles. The molecule has 0 aromatic carbocycles. The van der Waals surface area contributed by atoms with Crippen molar-refractivity contribution in [1.82, 2.24) is 4.90 Å². The summed E-state index contributed by atoms with van der Waals surface area (Å²) >= 11 is 0. The van der Waals surface area contributed by atoms with Gasteiger partial charge in [-0.1, -0.05) is 13.3 Å². The van der Waals surface area contributed by atoms with Crippen molar-refractivity contribution in [3.05, 3.63) is 0 Å². The van der Waals surface area contributed by atoms with Crippen molar-refractivity contribution in [2.75, 3.05) is 19.6 Å². The van der Waals surface area contributed by atoms with Crippen LogP contribution >= 0.6 is 0 Å². The lowest BCUT2D eigenvalue weighted by Gasteiger charge is -2.22. The summed E-state index contributed by atoms with van der Waals surface area (Å²) in [6.07, 6.45) is 5.03. The predicted molar refractivity (Wildman–Crippen MR) is 56.3 cm³/mol. The van der Waals surface area contributed by atoms with Crippen LogP contribution in [0.2, 0.25) is 0 Å². The summed E-state index contributed by atoms with van der Waals surface area (Å²) in [6, 6.07) is 0. The topological polar surface area (TPSA) is 40.5 Å². The van der Waals surface area contributed by atoms with Crippen molar-refractivity contribution in [2.45, 2.75) is 39.0 Å². The third kappa shape index (κ3) is 4.09. The Morgan fingerprint density at radius 2 is 2.29 bits per heavy atom. The monoisotopic (exact) mass is 199 g/mol. The number of hydrogen-bond acceptors (Lipinski definition) is 2. The Hall–Kier alpha value is -0.570. The minimum atomic E-state index is -0.645. The number of hydrogen-bond donors (Lipinski definition) is 1. The first-order valence-electron chi connectivity index (χ1n) is 5.66. The molecule has 0 aliphatic carbocycles. The van der Waals surface area contributed by atoms with E-state index in [1.54, 1.807) is 0 Å². The van der Waals surface area contributed by atoms with E-state index in [0.29, 0.717) is 12.3 Å². The average Bonchev–Trinajstić information content (AvgIpc) is 2.30. The Kier molecular flexibility index (Phi) is 4.94. The van der Waals surface area contributed by atoms with Crippen LogP contribution in [0.15, 0.2) is 0 Å². The minimum absolute atomic E-state index is 0.347. The molecule has 0 aromatic rings. The zero-order valence-electron chi connectivity index (χ0n) is 9.04. The maximum atomic E-state index is 10.6. The summed E-state index contributed by atoms with van der Waals surface area (Å²) < 4.78 is 0. The van der Waals surface area contributed by atoms with Crippen molar-refractivity contribution in [2.24, 2.45) is 5.92 Å². The molecule has 0 radical (unpaired) electrons. The molecule has 3 heteroatoms. The Balaban J connectivity index is 2.38. The largest absolute Gasteiger partial charge is 0.481 e. The molecule has 1 saturated heterocycles. The number of carboxylic acids is 1. The zero-order chi connectivity index (χ0) is 10.4. The van der Waals surface area contributed by atoms with Crippen LogP contribution in [0, 0.1) is 5.92 Å². The van der Waals surface area contributed by atoms with Gasteiger partial charge in [-0.15, -0.1) is 0 Å². The molecule has 0 saturated carbocycles. The lowest BCUT2D eigenvalue weighted by atomic mass is 10.00. The lowest BCUT2D eigenvalue weighted by Crippen LogP contribution is -2.30. The van der Waals surface area contributed by atoms with Crippen LogP contribution in [-0.4, -0.2) is 35.6 Å². The summed E-state index contributed by atoms with van der Waals surface area (Å²) in [7, 11) is 0. The summed E-state index contributed by atoms with van der Waals surface area (Å²) in [5.41, 5.74) is 0. The normalized spacial score (nSPS) is 24.5. The molecule has 1 atom stereocenters. The van der Waals surface area contributed by atoms with E-state index in [1.807, 2.05) is 0 Å². The molecular weight excluding hydrogens is 178 g/mol. The molecule has 0 amide bonds. The first-order valence-corrected chi connectivity index (χ1v) is 5.66. The van der Waals surface area contributed by atoms with E-state index in [1.165, 1.54) is 19.3 Å². The second kappa shape index (κ2) is 6.02. The van der Waals surface area contributed by atoms with Crippen LogP contribution in [0.25, 0.3) is 0 Å². The van der Waals surface area contributed by atoms with Gasteiger partial charge in [-0.25, -0.2) is 0 Å². The van der Waals surface area contributed by atoms with Gasteiger partial charge in [0, 0.05) is 13.0 Å². The van der Waals surface area contributed by atoms with Gasteiger partial charge in [-0.3, -0.25) is 4.79 Å². The molecule has 14 heavy (non-hydrogen) atoms. The van der Waals surface area contributed by atoms with E-state index in [0.717, 1.165) is 26.1 Å². The fourth-order valence-corrected chi connectivity index (χ4v) is 2.25. The summed E-state index contributed by atoms with van der Waals surface area (Å²) in [4.78, 5) is 13.0. The van der Waals surface area contributed by atoms with Crippen molar-refractivity contribution >= 4 is 5.97 Å². The van der Waals surface area contributed by atoms with E-state index in [2.05, 4.69) is 11.8 Å². The number of carboxylic acid groups (broad SMARTS) is 1. The van der Waals surface area contributed by atoms with Gasteiger partial charge < -0.3 is 10.0 Å². The van der Waals surface area contributed by atoms with Crippen molar-refractivity contribution in [3.63, 3.8) is 0 Å². The molecule has 0 bridgehead atoms. The number of carbonyl (C=O) groups is 1. The highest BCUT2D eigenvalue weighted by Crippen LogP contribution is 2.19. The van der Waals surface area contributed by atoms with Crippen molar-refractivity contribution in [3.8, 4) is 0 Å². The molecule has 1 rings (SSSR count). The fraction of sp³-hybridized carbons (Fsp3) is 0.909. The Morgan fingerprint density at radius 3 is 2.93 bits per heavy atom. The second-order valence-corrected chi connectivity index (χ2v) is 4.26. The highest BCUT2D eigenvalue weighted by molar-refractivity contribution is 5.67. The van der Waals surface area contributed by atoms with Gasteiger partial charge in [0.1, 0.15) is 0 Å². The average molecular weight is 199 g/mol. The SMILES string of the molecule is CCCN1CCCCC(CC(=O)O)C1. The summed E-state index contributed by atoms with van der Waals surface area (Å²) in [5, 5.41) is 8.76. The van der Waals surface area contributed by atoms with Crippen molar-refractivity contribution < 1.29 is 9.90 Å². The molecule has 1 aliphatic heterocycles. The number of nitrogens with zero attached hydrogens (tertiary/aromatic N) is 1. The lowest BCUT2D eigenvalue weighted by molar-refractivity contribution is -0.138. The van der Waals surface area contributed by atoms with Crippen LogP contribution < -0.4 is 0 Å². The van der Waals surface area contributed by atoms with Crippen LogP contribution in [0.4, 0.5) is 0 Å². The van der Waals surface area contributed by atoms with Gasteiger partial charge in [0.05, 0.1) is 0 Å². The number of likely N-dealkylation sites (tertiary alicyclic amines) is 1. The smallest absolute Gasteiger partial charge is 0.303 e. The van der Waals surface area contributed by atoms with E-state index in [-0.39, 0.29) is 0 Å². The first kappa shape index (κ1) is 11.5. The van der Waals surface area contributed by atoms with Crippen LogP contribution in [0.5, 0.6) is 0 Å². The number of aliphatic carboxylic acids is 1. The molecule has 0 aromatic heterocycles. The van der Waals surface area contributed by atoms with Gasteiger partial charge in [0.25, 0.3) is 0 Å². The molecule has 1 unspecified atom stereocenters. The molecule has 3 nitrogen and oxygen atoms in total. The maximum Gasteiger partial charge on any atom is 0.303 e. The first-order chi connectivity index (χ1) is 6.72. The van der Waals surface area contributed by atoms with Crippen LogP contribution in [0.1, 0.15) is 39.0 Å². The molecule has 82 valence electrons. The Morgan fingerprint density at radius 1 is 1.50 bits per heavy atom. The van der Waals surface area contributed by atoms with E-state index >= 15 is 0 Å². The summed E-state index contributed by atoms with van der Waals surface area (Å²) in [6.45, 7) is 5.44. The third-order valence-corrected chi connectivity index (χ3v) is 2.86. The van der Waals surface area contributed by atoms with Gasteiger partial charge in [-0.05, 0) is 38.3 Å². The van der Waals surface area contributed by atoms with Gasteiger partial charge in [0.2, 0.25) is 0 Å². The van der Waals surface area contributed by atoms with Gasteiger partial charge >= 0.3 is 5.97 Å². The highest BCUT2D eigenvalue weighted by Gasteiger charge is 2.19. The summed E-state index contributed by atoms with van der Waals surface area (Å²) in [5.74, 6) is -0.269. The van der Waals surface area contributed by atoms with E-state index in [9.17, 15) is 4.79 Å². The Labute approximate surface area is 86.1 Å². The minimum Gasteiger partial charge on any atom is -0.481 e. The van der Waals surface area contributed by atoms with Crippen LogP contribution in [-0.2, 0) is 4.79 Å². The standard InChI is InChI=1S/C11H21NO2/c1-2-6-12-7-4-3-5-10(9-12)8-11(13)14/h10H,2-9H2,1H3,(H,13,14). The molecule has 1 fully saturated rings. The third-order valence-electron chi connectivity index (χ3n) is 2.86. The molecular formula is C11H21NO2. The van der Waals surface area contributed by atoms with Crippen molar-refractivity contribution in [1.29, 1.82) is 0 Å². The van der Waals surface area contributed by atoms with E-state index < -0.39 is 5.97 Å². The second-order valence-electron chi connectivity index (χ2n) is 4.26. The quantitative estimate of drug-likeness (QED) is 0.752. The van der Waals surface area contributed by atoms with Gasteiger partial charge in [0.15, 0.2) is 0 Å². The predicted octanol–water partition coefficient (Wildman–Crippen LogP) is 1.97. The van der Waals surface area contributed by atoms with E-state index in [4.69, 9.17) is 5.11 Å². The molecule has 0 spiro atoms. The van der Waals surface area contributed by atoms with Gasteiger partial charge in [-0.2, -0.15) is 0 Å². The Bertz CT molecular complexity index is 182.